The first-order valence-corrected chi connectivity index (χ1v) is 3.81. The van der Waals surface area contributed by atoms with Gasteiger partial charge in [-0.3, -0.25) is 4.98 Å². The van der Waals surface area contributed by atoms with Gasteiger partial charge in [0.1, 0.15) is 0 Å². The maximum Gasteiger partial charge on any atom is 0.0997 e. The molecule has 0 saturated carbocycles. The lowest BCUT2D eigenvalue weighted by atomic mass is 10.2. The Labute approximate surface area is 75.2 Å². The van der Waals surface area contributed by atoms with Crippen molar-refractivity contribution < 1.29 is 4.42 Å². The van der Waals surface area contributed by atoms with Crippen LogP contribution in [-0.2, 0) is 0 Å². The van der Waals surface area contributed by atoms with Gasteiger partial charge in [0.25, 0.3) is 0 Å². The fourth-order valence-electron chi connectivity index (χ4n) is 1.12. The SMILES string of the molecule is Nc1ccnc(-c2ccoc2)c1N. The number of aromatic nitrogens is 1. The summed E-state index contributed by atoms with van der Waals surface area (Å²) >= 11 is 0. The summed E-state index contributed by atoms with van der Waals surface area (Å²) in [5.41, 5.74) is 13.9. The van der Waals surface area contributed by atoms with Crippen molar-refractivity contribution in [3.8, 4) is 11.3 Å². The zero-order chi connectivity index (χ0) is 9.26. The Bertz CT molecular complexity index is 409. The average Bonchev–Trinajstić information content (AvgIpc) is 2.62. The predicted molar refractivity (Wildman–Crippen MR) is 50.8 cm³/mol. The molecule has 2 aromatic heterocycles. The average molecular weight is 175 g/mol. The van der Waals surface area contributed by atoms with Crippen molar-refractivity contribution in [2.24, 2.45) is 0 Å². The molecular weight excluding hydrogens is 166 g/mol. The zero-order valence-electron chi connectivity index (χ0n) is 6.90. The highest BCUT2D eigenvalue weighted by atomic mass is 16.3. The second kappa shape index (κ2) is 2.82. The molecule has 13 heavy (non-hydrogen) atoms. The van der Waals surface area contributed by atoms with Gasteiger partial charge in [0.2, 0.25) is 0 Å². The molecule has 66 valence electrons. The van der Waals surface area contributed by atoms with E-state index in [4.69, 9.17) is 15.9 Å². The molecule has 0 unspecified atom stereocenters. The third-order valence-electron chi connectivity index (χ3n) is 1.82. The number of nitrogen functional groups attached to an aromatic ring is 2. The van der Waals surface area contributed by atoms with Crippen LogP contribution in [0.3, 0.4) is 0 Å². The summed E-state index contributed by atoms with van der Waals surface area (Å²) < 4.78 is 4.93. The molecule has 0 aliphatic rings. The lowest BCUT2D eigenvalue weighted by Gasteiger charge is -2.03. The molecule has 0 spiro atoms. The lowest BCUT2D eigenvalue weighted by molar-refractivity contribution is 0.568. The van der Waals surface area contributed by atoms with Crippen LogP contribution in [0.15, 0.2) is 35.3 Å². The molecule has 4 N–H and O–H groups in total. The van der Waals surface area contributed by atoms with Gasteiger partial charge >= 0.3 is 0 Å². The van der Waals surface area contributed by atoms with Crippen LogP contribution in [-0.4, -0.2) is 4.98 Å². The molecule has 0 bridgehead atoms. The van der Waals surface area contributed by atoms with E-state index in [1.54, 1.807) is 30.9 Å². The topological polar surface area (TPSA) is 78.1 Å². The number of nitrogens with two attached hydrogens (primary N) is 2. The Hall–Kier alpha value is -1.97. The summed E-state index contributed by atoms with van der Waals surface area (Å²) in [6.07, 6.45) is 4.77. The fraction of sp³-hybridized carbons (Fsp3) is 0. The predicted octanol–water partition coefficient (Wildman–Crippen LogP) is 1.51. The van der Waals surface area contributed by atoms with Crippen LogP contribution in [0.5, 0.6) is 0 Å². The largest absolute Gasteiger partial charge is 0.472 e. The molecule has 0 aliphatic carbocycles. The summed E-state index contributed by atoms with van der Waals surface area (Å²) in [6.45, 7) is 0. The highest BCUT2D eigenvalue weighted by Crippen LogP contribution is 2.27. The minimum Gasteiger partial charge on any atom is -0.472 e. The van der Waals surface area contributed by atoms with Gasteiger partial charge in [-0.05, 0) is 12.1 Å². The van der Waals surface area contributed by atoms with E-state index >= 15 is 0 Å². The summed E-state index contributed by atoms with van der Waals surface area (Å²) in [5, 5.41) is 0. The molecule has 0 fully saturated rings. The number of pyridine rings is 1. The van der Waals surface area contributed by atoms with E-state index in [2.05, 4.69) is 4.98 Å². The number of anilines is 2. The molecule has 4 nitrogen and oxygen atoms in total. The van der Waals surface area contributed by atoms with Crippen LogP contribution in [0, 0.1) is 0 Å². The first kappa shape index (κ1) is 7.67. The van der Waals surface area contributed by atoms with Crippen LogP contribution < -0.4 is 11.5 Å². The zero-order valence-corrected chi connectivity index (χ0v) is 6.90. The summed E-state index contributed by atoms with van der Waals surface area (Å²) in [5.74, 6) is 0. The smallest absolute Gasteiger partial charge is 0.0997 e. The molecule has 0 aromatic carbocycles. The Morgan fingerprint density at radius 1 is 1.23 bits per heavy atom. The van der Waals surface area contributed by atoms with E-state index in [-0.39, 0.29) is 0 Å². The van der Waals surface area contributed by atoms with Crippen molar-refractivity contribution in [2.75, 3.05) is 11.5 Å². The molecule has 0 atom stereocenters. The van der Waals surface area contributed by atoms with Crippen molar-refractivity contribution in [2.45, 2.75) is 0 Å². The number of hydrogen-bond donors (Lipinski definition) is 2. The Morgan fingerprint density at radius 3 is 2.77 bits per heavy atom. The van der Waals surface area contributed by atoms with Crippen LogP contribution in [0.4, 0.5) is 11.4 Å². The molecule has 2 heterocycles. The number of nitrogens with zero attached hydrogens (tertiary/aromatic N) is 1. The van der Waals surface area contributed by atoms with Crippen molar-refractivity contribution in [1.29, 1.82) is 0 Å². The maximum atomic E-state index is 5.74. The fourth-order valence-corrected chi connectivity index (χ4v) is 1.12. The molecule has 0 aliphatic heterocycles. The van der Waals surface area contributed by atoms with Gasteiger partial charge in [0, 0.05) is 11.8 Å². The Morgan fingerprint density at radius 2 is 2.08 bits per heavy atom. The van der Waals surface area contributed by atoms with Gasteiger partial charge in [-0.15, -0.1) is 0 Å². The monoisotopic (exact) mass is 175 g/mol. The van der Waals surface area contributed by atoms with E-state index in [0.29, 0.717) is 17.1 Å². The summed E-state index contributed by atoms with van der Waals surface area (Å²) in [4.78, 5) is 4.12. The molecule has 4 heteroatoms. The van der Waals surface area contributed by atoms with Gasteiger partial charge in [-0.25, -0.2) is 0 Å². The third kappa shape index (κ3) is 1.22. The number of rotatable bonds is 1. The van der Waals surface area contributed by atoms with E-state index in [1.807, 2.05) is 0 Å². The number of furan rings is 1. The molecule has 0 saturated heterocycles. The second-order valence-corrected chi connectivity index (χ2v) is 2.67. The van der Waals surface area contributed by atoms with Crippen molar-refractivity contribution >= 4 is 11.4 Å². The van der Waals surface area contributed by atoms with E-state index < -0.39 is 0 Å². The van der Waals surface area contributed by atoms with Crippen LogP contribution >= 0.6 is 0 Å². The molecular formula is C9H9N3O. The van der Waals surface area contributed by atoms with Gasteiger partial charge in [0.15, 0.2) is 0 Å². The first-order chi connectivity index (χ1) is 6.29. The lowest BCUT2D eigenvalue weighted by Crippen LogP contribution is -1.98. The van der Waals surface area contributed by atoms with E-state index in [1.165, 1.54) is 0 Å². The van der Waals surface area contributed by atoms with Crippen LogP contribution in [0.25, 0.3) is 11.3 Å². The van der Waals surface area contributed by atoms with Crippen molar-refractivity contribution in [1.82, 2.24) is 4.98 Å². The quantitative estimate of drug-likeness (QED) is 0.688. The maximum absolute atomic E-state index is 5.74. The highest BCUT2D eigenvalue weighted by Gasteiger charge is 2.06. The highest BCUT2D eigenvalue weighted by molar-refractivity contribution is 5.80. The van der Waals surface area contributed by atoms with Gasteiger partial charge in [-0.2, -0.15) is 0 Å². The third-order valence-corrected chi connectivity index (χ3v) is 1.82. The minimum absolute atomic E-state index is 0.490. The van der Waals surface area contributed by atoms with Gasteiger partial charge in [-0.1, -0.05) is 0 Å². The Balaban J connectivity index is 2.59. The summed E-state index contributed by atoms with van der Waals surface area (Å²) in [7, 11) is 0. The van der Waals surface area contributed by atoms with Crippen LogP contribution in [0.2, 0.25) is 0 Å². The standard InChI is InChI=1S/C9H9N3O/c10-7-1-3-12-9(8(7)11)6-2-4-13-5-6/h1-5H,11H2,(H2,10,12). The molecule has 2 aromatic rings. The van der Waals surface area contributed by atoms with E-state index in [0.717, 1.165) is 5.56 Å². The second-order valence-electron chi connectivity index (χ2n) is 2.67. The van der Waals surface area contributed by atoms with Crippen molar-refractivity contribution in [3.63, 3.8) is 0 Å². The number of hydrogen-bond acceptors (Lipinski definition) is 4. The normalized spacial score (nSPS) is 10.2. The minimum atomic E-state index is 0.490. The van der Waals surface area contributed by atoms with E-state index in [9.17, 15) is 0 Å². The van der Waals surface area contributed by atoms with Gasteiger partial charge in [0.05, 0.1) is 29.6 Å². The first-order valence-electron chi connectivity index (χ1n) is 3.81. The Kier molecular flexibility index (Phi) is 1.66. The molecule has 2 rings (SSSR count). The molecule has 0 amide bonds. The van der Waals surface area contributed by atoms with Crippen molar-refractivity contribution in [3.05, 3.63) is 30.9 Å². The van der Waals surface area contributed by atoms with Crippen LogP contribution in [0.1, 0.15) is 0 Å². The van der Waals surface area contributed by atoms with Gasteiger partial charge < -0.3 is 15.9 Å². The molecule has 0 radical (unpaired) electrons. The summed E-state index contributed by atoms with van der Waals surface area (Å²) in [6, 6.07) is 3.46.